The van der Waals surface area contributed by atoms with E-state index in [-0.39, 0.29) is 30.0 Å². The first-order chi connectivity index (χ1) is 14.1. The number of nitrogens with zero attached hydrogens (tertiary/aromatic N) is 5. The molecule has 1 aliphatic heterocycles. The van der Waals surface area contributed by atoms with Gasteiger partial charge in [-0.2, -0.15) is 23.3 Å². The first-order valence-electron chi connectivity index (χ1n) is 9.85. The third-order valence-corrected chi connectivity index (χ3v) is 5.72. The summed E-state index contributed by atoms with van der Waals surface area (Å²) >= 11 is 0. The van der Waals surface area contributed by atoms with Gasteiger partial charge in [0.2, 0.25) is 11.9 Å². The van der Waals surface area contributed by atoms with E-state index in [1.807, 2.05) is 25.8 Å². The molecule has 0 saturated heterocycles. The predicted molar refractivity (Wildman–Crippen MR) is 105 cm³/mol. The van der Waals surface area contributed by atoms with Gasteiger partial charge in [-0.05, 0) is 31.7 Å². The number of amides is 1. The molecule has 2 aromatic rings. The fourth-order valence-electron chi connectivity index (χ4n) is 4.20. The molecule has 30 heavy (non-hydrogen) atoms. The molecular weight excluding hydrogens is 399 g/mol. The Hall–Kier alpha value is -2.85. The van der Waals surface area contributed by atoms with Gasteiger partial charge in [0.15, 0.2) is 5.82 Å². The fraction of sp³-hybridized carbons (Fsp3) is 0.579. The van der Waals surface area contributed by atoms with Gasteiger partial charge in [0.25, 0.3) is 0 Å². The molecule has 4 rings (SSSR count). The van der Waals surface area contributed by atoms with Crippen LogP contribution in [0.1, 0.15) is 44.1 Å². The summed E-state index contributed by atoms with van der Waals surface area (Å²) in [4.78, 5) is 23.3. The lowest BCUT2D eigenvalue weighted by atomic mass is 9.87. The first-order valence-corrected chi connectivity index (χ1v) is 9.85. The molecule has 1 fully saturated rings. The molecule has 2 aromatic heterocycles. The summed E-state index contributed by atoms with van der Waals surface area (Å²) in [6.45, 7) is 5.73. The number of aryl methyl sites for hydroxylation is 1. The average molecular weight is 423 g/mol. The Labute approximate surface area is 171 Å². The van der Waals surface area contributed by atoms with Gasteiger partial charge >= 0.3 is 6.18 Å². The van der Waals surface area contributed by atoms with Crippen molar-refractivity contribution in [1.82, 2.24) is 19.7 Å². The van der Waals surface area contributed by atoms with Crippen molar-refractivity contribution in [1.29, 1.82) is 0 Å². The van der Waals surface area contributed by atoms with Crippen molar-refractivity contribution in [2.45, 2.75) is 57.9 Å². The van der Waals surface area contributed by atoms with Crippen molar-refractivity contribution in [2.75, 3.05) is 22.6 Å². The molecule has 1 unspecified atom stereocenters. The third kappa shape index (κ3) is 3.46. The molecular formula is C19H24F3N7O. The second kappa shape index (κ2) is 7.13. The number of fused-ring (bicyclic) bond motifs is 1. The van der Waals surface area contributed by atoms with Gasteiger partial charge in [-0.1, -0.05) is 13.8 Å². The van der Waals surface area contributed by atoms with Crippen LogP contribution in [0.25, 0.3) is 0 Å². The summed E-state index contributed by atoms with van der Waals surface area (Å²) in [5, 5.41) is 9.95. The van der Waals surface area contributed by atoms with Gasteiger partial charge in [-0.3, -0.25) is 9.48 Å². The van der Waals surface area contributed by atoms with Crippen LogP contribution in [0.2, 0.25) is 0 Å². The molecule has 0 spiro atoms. The summed E-state index contributed by atoms with van der Waals surface area (Å²) in [6, 6.07) is 0.280. The molecule has 162 valence electrons. The minimum atomic E-state index is -4.42. The monoisotopic (exact) mass is 423 g/mol. The third-order valence-electron chi connectivity index (χ3n) is 5.72. The van der Waals surface area contributed by atoms with E-state index in [1.54, 1.807) is 6.92 Å². The Morgan fingerprint density at radius 1 is 1.27 bits per heavy atom. The van der Waals surface area contributed by atoms with Crippen LogP contribution in [0.4, 0.5) is 30.6 Å². The van der Waals surface area contributed by atoms with Crippen LogP contribution >= 0.6 is 0 Å². The van der Waals surface area contributed by atoms with Crippen molar-refractivity contribution in [3.05, 3.63) is 23.7 Å². The topological polar surface area (TPSA) is 88.0 Å². The number of hydrogen-bond acceptors (Lipinski definition) is 6. The molecule has 1 atom stereocenters. The number of rotatable bonds is 4. The molecule has 1 aliphatic carbocycles. The van der Waals surface area contributed by atoms with Crippen LogP contribution in [0.3, 0.4) is 0 Å². The highest BCUT2D eigenvalue weighted by Crippen LogP contribution is 2.39. The van der Waals surface area contributed by atoms with Gasteiger partial charge in [0.05, 0.1) is 11.7 Å². The van der Waals surface area contributed by atoms with Gasteiger partial charge in [0.1, 0.15) is 17.4 Å². The number of carbonyl (C=O) groups excluding carboxylic acids is 1. The van der Waals surface area contributed by atoms with E-state index in [0.29, 0.717) is 36.0 Å². The number of halogens is 3. The van der Waals surface area contributed by atoms with Crippen LogP contribution in [0.5, 0.6) is 0 Å². The van der Waals surface area contributed by atoms with E-state index in [2.05, 4.69) is 25.7 Å². The van der Waals surface area contributed by atoms with E-state index < -0.39 is 11.9 Å². The van der Waals surface area contributed by atoms with E-state index in [4.69, 9.17) is 0 Å². The Balaban J connectivity index is 1.48. The van der Waals surface area contributed by atoms with E-state index in [9.17, 15) is 18.0 Å². The van der Waals surface area contributed by atoms with E-state index >= 15 is 0 Å². The maximum atomic E-state index is 13.1. The van der Waals surface area contributed by atoms with Gasteiger partial charge in [0, 0.05) is 19.3 Å². The Kier molecular flexibility index (Phi) is 4.86. The van der Waals surface area contributed by atoms with Crippen molar-refractivity contribution in [3.8, 4) is 0 Å². The Morgan fingerprint density at radius 3 is 2.60 bits per heavy atom. The minimum absolute atomic E-state index is 0.0536. The maximum Gasteiger partial charge on any atom is 0.433 e. The molecule has 1 saturated carbocycles. The average Bonchev–Trinajstić information content (AvgIpc) is 3.08. The lowest BCUT2D eigenvalue weighted by Gasteiger charge is -2.38. The maximum absolute atomic E-state index is 13.1. The normalized spacial score (nSPS) is 23.8. The van der Waals surface area contributed by atoms with Crippen molar-refractivity contribution in [2.24, 2.45) is 5.92 Å². The quantitative estimate of drug-likeness (QED) is 0.785. The molecule has 8 nitrogen and oxygen atoms in total. The lowest BCUT2D eigenvalue weighted by Crippen LogP contribution is -2.50. The number of alkyl halides is 3. The zero-order valence-corrected chi connectivity index (χ0v) is 17.2. The SMILES string of the molecule is Cc1nc(N[C@H]2C[C@H](n3nccc3C(F)(F)F)C2)nc2c1NC(=O)C(C(C)C)N2C. The highest BCUT2D eigenvalue weighted by Gasteiger charge is 2.41. The summed E-state index contributed by atoms with van der Waals surface area (Å²) in [5.41, 5.74) is 0.485. The van der Waals surface area contributed by atoms with E-state index in [0.717, 1.165) is 10.7 Å². The van der Waals surface area contributed by atoms with Crippen LogP contribution in [0, 0.1) is 12.8 Å². The number of carbonyl (C=O) groups is 1. The van der Waals surface area contributed by atoms with Gasteiger partial charge in [-0.15, -0.1) is 0 Å². The van der Waals surface area contributed by atoms with Crippen molar-refractivity contribution in [3.63, 3.8) is 0 Å². The predicted octanol–water partition coefficient (Wildman–Crippen LogP) is 3.23. The Bertz CT molecular complexity index is 966. The highest BCUT2D eigenvalue weighted by atomic mass is 19.4. The number of anilines is 3. The number of hydrogen-bond donors (Lipinski definition) is 2. The summed E-state index contributed by atoms with van der Waals surface area (Å²) < 4.78 is 40.3. The summed E-state index contributed by atoms with van der Waals surface area (Å²) in [5.74, 6) is 1.04. The van der Waals surface area contributed by atoms with Crippen LogP contribution in [-0.2, 0) is 11.0 Å². The molecule has 0 bridgehead atoms. The lowest BCUT2D eigenvalue weighted by molar-refractivity contribution is -0.145. The largest absolute Gasteiger partial charge is 0.433 e. The molecule has 2 aliphatic rings. The number of nitrogens with one attached hydrogen (secondary N) is 2. The molecule has 0 aromatic carbocycles. The fourth-order valence-corrected chi connectivity index (χ4v) is 4.20. The van der Waals surface area contributed by atoms with Crippen LogP contribution in [0.15, 0.2) is 12.3 Å². The van der Waals surface area contributed by atoms with Gasteiger partial charge < -0.3 is 15.5 Å². The van der Waals surface area contributed by atoms with Crippen molar-refractivity contribution < 1.29 is 18.0 Å². The van der Waals surface area contributed by atoms with Gasteiger partial charge in [-0.25, -0.2) is 4.98 Å². The van der Waals surface area contributed by atoms with E-state index in [1.165, 1.54) is 6.20 Å². The molecule has 2 N–H and O–H groups in total. The highest BCUT2D eigenvalue weighted by molar-refractivity contribution is 6.03. The minimum Gasteiger partial charge on any atom is -0.351 e. The molecule has 1 amide bonds. The second-order valence-corrected chi connectivity index (χ2v) is 8.25. The second-order valence-electron chi connectivity index (χ2n) is 8.25. The molecule has 3 heterocycles. The van der Waals surface area contributed by atoms with Crippen molar-refractivity contribution >= 4 is 23.4 Å². The number of likely N-dealkylation sites (N-methyl/N-ethyl adjacent to an activating group) is 1. The first kappa shape index (κ1) is 20.4. The smallest absolute Gasteiger partial charge is 0.351 e. The zero-order chi connectivity index (χ0) is 21.8. The zero-order valence-electron chi connectivity index (χ0n) is 17.2. The molecule has 11 heteroatoms. The summed E-state index contributed by atoms with van der Waals surface area (Å²) in [7, 11) is 1.83. The summed E-state index contributed by atoms with van der Waals surface area (Å²) in [6.07, 6.45) is -2.26. The standard InChI is InChI=1S/C19H24F3N7O/c1-9(2)15-17(30)26-14-10(3)24-18(27-16(14)28(15)4)25-11-7-12(8-11)29-13(5-6-23-29)19(20,21)22/h5-6,9,11-12,15H,7-8H2,1-4H3,(H,26,30)(H,24,25,27)/t11-,12-,15?. The van der Waals surface area contributed by atoms with Crippen LogP contribution < -0.4 is 15.5 Å². The van der Waals surface area contributed by atoms with Crippen LogP contribution in [-0.4, -0.2) is 44.8 Å². The molecule has 0 radical (unpaired) electrons. The number of aromatic nitrogens is 4. The Morgan fingerprint density at radius 2 is 1.97 bits per heavy atom.